The van der Waals surface area contributed by atoms with Gasteiger partial charge in [0, 0.05) is 5.56 Å². The van der Waals surface area contributed by atoms with Crippen molar-refractivity contribution >= 4 is 11.6 Å². The Morgan fingerprint density at radius 3 is 2.00 bits per heavy atom. The Hall–Kier alpha value is -2.90. The van der Waals surface area contributed by atoms with E-state index >= 15 is 0 Å². The smallest absolute Gasteiger partial charge is 0.418 e. The van der Waals surface area contributed by atoms with Gasteiger partial charge in [0.25, 0.3) is 5.91 Å². The van der Waals surface area contributed by atoms with E-state index in [0.717, 1.165) is 6.07 Å². The van der Waals surface area contributed by atoms with Gasteiger partial charge in [0.1, 0.15) is 0 Å². The Balaban J connectivity index is 2.40. The van der Waals surface area contributed by atoms with Crippen LogP contribution in [0.25, 0.3) is 0 Å². The van der Waals surface area contributed by atoms with E-state index in [0.29, 0.717) is 0 Å². The molecule has 1 amide bonds. The zero-order valence-electron chi connectivity index (χ0n) is 13.7. The Bertz CT molecular complexity index is 750. The summed E-state index contributed by atoms with van der Waals surface area (Å²) >= 11 is 0. The van der Waals surface area contributed by atoms with Crippen LogP contribution in [-0.2, 0) is 6.18 Å². The normalized spacial score (nSPS) is 11.0. The molecule has 2 rings (SSSR count). The number of para-hydroxylation sites is 1. The summed E-state index contributed by atoms with van der Waals surface area (Å²) < 4.78 is 54.5. The first-order valence-electron chi connectivity index (χ1n) is 7.09. The number of anilines is 1. The number of methoxy groups -OCH3 is 3. The average molecular weight is 355 g/mol. The summed E-state index contributed by atoms with van der Waals surface area (Å²) in [6.45, 7) is 0. The predicted molar refractivity (Wildman–Crippen MR) is 85.5 cm³/mol. The van der Waals surface area contributed by atoms with Crippen molar-refractivity contribution in [1.82, 2.24) is 0 Å². The van der Waals surface area contributed by atoms with Crippen molar-refractivity contribution in [3.8, 4) is 17.2 Å². The molecule has 0 aliphatic carbocycles. The van der Waals surface area contributed by atoms with Crippen LogP contribution in [-0.4, -0.2) is 27.2 Å². The van der Waals surface area contributed by atoms with Gasteiger partial charge in [-0.15, -0.1) is 0 Å². The zero-order valence-corrected chi connectivity index (χ0v) is 13.7. The molecule has 134 valence electrons. The zero-order chi connectivity index (χ0) is 18.6. The van der Waals surface area contributed by atoms with Gasteiger partial charge in [-0.1, -0.05) is 12.1 Å². The number of benzene rings is 2. The monoisotopic (exact) mass is 355 g/mol. The number of rotatable bonds is 5. The molecule has 5 nitrogen and oxygen atoms in total. The fourth-order valence-electron chi connectivity index (χ4n) is 2.25. The summed E-state index contributed by atoms with van der Waals surface area (Å²) in [6, 6.07) is 7.43. The second kappa shape index (κ2) is 7.33. The molecule has 0 spiro atoms. The summed E-state index contributed by atoms with van der Waals surface area (Å²) in [5.41, 5.74) is -1.21. The standard InChI is InChI=1S/C17H16F3NO4/c1-23-13-8-10(9-14(24-2)15(13)25-3)16(22)21-12-7-5-4-6-11(12)17(18,19)20/h4-9H,1-3H3,(H,21,22). The first-order valence-corrected chi connectivity index (χ1v) is 7.09. The molecule has 1 N–H and O–H groups in total. The fourth-order valence-corrected chi connectivity index (χ4v) is 2.25. The number of carbonyl (C=O) groups is 1. The van der Waals surface area contributed by atoms with E-state index in [2.05, 4.69) is 5.32 Å². The summed E-state index contributed by atoms with van der Waals surface area (Å²) in [6.07, 6.45) is -4.58. The molecule has 8 heteroatoms. The van der Waals surface area contributed by atoms with Gasteiger partial charge in [0.2, 0.25) is 5.75 Å². The molecule has 0 fully saturated rings. The maximum Gasteiger partial charge on any atom is 0.418 e. The van der Waals surface area contributed by atoms with Crippen molar-refractivity contribution in [1.29, 1.82) is 0 Å². The molecule has 2 aromatic rings. The lowest BCUT2D eigenvalue weighted by Gasteiger charge is -2.16. The van der Waals surface area contributed by atoms with Crippen LogP contribution >= 0.6 is 0 Å². The molecular formula is C17H16F3NO4. The molecule has 0 atom stereocenters. The second-order valence-corrected chi connectivity index (χ2v) is 4.91. The Kier molecular flexibility index (Phi) is 5.41. The number of halogens is 3. The third-order valence-electron chi connectivity index (χ3n) is 3.41. The molecule has 0 unspecified atom stereocenters. The van der Waals surface area contributed by atoms with Crippen LogP contribution in [0.15, 0.2) is 36.4 Å². The molecule has 0 bridgehead atoms. The van der Waals surface area contributed by atoms with Crippen molar-refractivity contribution in [2.45, 2.75) is 6.18 Å². The van der Waals surface area contributed by atoms with Crippen molar-refractivity contribution < 1.29 is 32.2 Å². The molecule has 2 aromatic carbocycles. The lowest BCUT2D eigenvalue weighted by Crippen LogP contribution is -2.17. The molecule has 0 aromatic heterocycles. The molecule has 0 saturated heterocycles. The largest absolute Gasteiger partial charge is 0.493 e. The highest BCUT2D eigenvalue weighted by molar-refractivity contribution is 6.05. The van der Waals surface area contributed by atoms with E-state index < -0.39 is 17.6 Å². The maximum atomic E-state index is 13.0. The topological polar surface area (TPSA) is 56.8 Å². The molecule has 25 heavy (non-hydrogen) atoms. The van der Waals surface area contributed by atoms with E-state index in [1.54, 1.807) is 0 Å². The lowest BCUT2D eigenvalue weighted by molar-refractivity contribution is -0.136. The van der Waals surface area contributed by atoms with E-state index in [-0.39, 0.29) is 28.5 Å². The third kappa shape index (κ3) is 3.96. The van der Waals surface area contributed by atoms with Gasteiger partial charge in [0.05, 0.1) is 32.6 Å². The highest BCUT2D eigenvalue weighted by atomic mass is 19.4. The number of hydrogen-bond donors (Lipinski definition) is 1. The van der Waals surface area contributed by atoms with Crippen molar-refractivity contribution in [2.24, 2.45) is 0 Å². The van der Waals surface area contributed by atoms with Crippen LogP contribution in [0.3, 0.4) is 0 Å². The van der Waals surface area contributed by atoms with Crippen LogP contribution in [0.4, 0.5) is 18.9 Å². The maximum absolute atomic E-state index is 13.0. The van der Waals surface area contributed by atoms with Crippen LogP contribution < -0.4 is 19.5 Å². The second-order valence-electron chi connectivity index (χ2n) is 4.91. The lowest BCUT2D eigenvalue weighted by atomic mass is 10.1. The Morgan fingerprint density at radius 1 is 0.960 bits per heavy atom. The van der Waals surface area contributed by atoms with Crippen LogP contribution in [0, 0.1) is 0 Å². The van der Waals surface area contributed by atoms with Gasteiger partial charge in [-0.25, -0.2) is 0 Å². The SMILES string of the molecule is COc1cc(C(=O)Nc2ccccc2C(F)(F)F)cc(OC)c1OC. The molecule has 0 saturated carbocycles. The van der Waals surface area contributed by atoms with Gasteiger partial charge < -0.3 is 19.5 Å². The highest BCUT2D eigenvalue weighted by Crippen LogP contribution is 2.39. The molecule has 0 aliphatic heterocycles. The first-order chi connectivity index (χ1) is 11.8. The first kappa shape index (κ1) is 18.4. The van der Waals surface area contributed by atoms with Crippen molar-refractivity contribution in [2.75, 3.05) is 26.6 Å². The van der Waals surface area contributed by atoms with Gasteiger partial charge in [-0.3, -0.25) is 4.79 Å². The average Bonchev–Trinajstić information content (AvgIpc) is 2.59. The van der Waals surface area contributed by atoms with Gasteiger partial charge in [-0.05, 0) is 24.3 Å². The van der Waals surface area contributed by atoms with Gasteiger partial charge in [0.15, 0.2) is 11.5 Å². The van der Waals surface area contributed by atoms with Gasteiger partial charge in [-0.2, -0.15) is 13.2 Å². The molecule has 0 aliphatic rings. The summed E-state index contributed by atoms with van der Waals surface area (Å²) in [5, 5.41) is 2.26. The van der Waals surface area contributed by atoms with Crippen LogP contribution in [0.1, 0.15) is 15.9 Å². The van der Waals surface area contributed by atoms with E-state index in [1.807, 2.05) is 0 Å². The third-order valence-corrected chi connectivity index (χ3v) is 3.41. The summed E-state index contributed by atoms with van der Waals surface area (Å²) in [4.78, 5) is 12.4. The molecular weight excluding hydrogens is 339 g/mol. The molecule has 0 heterocycles. The summed E-state index contributed by atoms with van der Waals surface area (Å²) in [5.74, 6) is -0.0274. The van der Waals surface area contributed by atoms with E-state index in [1.165, 1.54) is 51.7 Å². The minimum atomic E-state index is -4.58. The number of ether oxygens (including phenoxy) is 3. The van der Waals surface area contributed by atoms with E-state index in [9.17, 15) is 18.0 Å². The number of alkyl halides is 3. The predicted octanol–water partition coefficient (Wildman–Crippen LogP) is 3.98. The van der Waals surface area contributed by atoms with Crippen molar-refractivity contribution in [3.63, 3.8) is 0 Å². The van der Waals surface area contributed by atoms with Crippen molar-refractivity contribution in [3.05, 3.63) is 47.5 Å². The minimum absolute atomic E-state index is 0.0616. The fraction of sp³-hybridized carbons (Fsp3) is 0.235. The van der Waals surface area contributed by atoms with E-state index in [4.69, 9.17) is 14.2 Å². The minimum Gasteiger partial charge on any atom is -0.493 e. The quantitative estimate of drug-likeness (QED) is 0.881. The Labute approximate surface area is 142 Å². The summed E-state index contributed by atoms with van der Waals surface area (Å²) in [7, 11) is 4.15. The Morgan fingerprint density at radius 2 is 1.52 bits per heavy atom. The number of hydrogen-bond acceptors (Lipinski definition) is 4. The molecule has 0 radical (unpaired) electrons. The van der Waals surface area contributed by atoms with Crippen LogP contribution in [0.5, 0.6) is 17.2 Å². The number of carbonyl (C=O) groups excluding carboxylic acids is 1. The highest BCUT2D eigenvalue weighted by Gasteiger charge is 2.33. The number of nitrogens with one attached hydrogen (secondary N) is 1. The van der Waals surface area contributed by atoms with Crippen LogP contribution in [0.2, 0.25) is 0 Å². The van der Waals surface area contributed by atoms with Gasteiger partial charge >= 0.3 is 6.18 Å². The number of amides is 1.